The predicted octanol–water partition coefficient (Wildman–Crippen LogP) is 4.85. The summed E-state index contributed by atoms with van der Waals surface area (Å²) in [7, 11) is 0. The molecule has 128 valence electrons. The molecule has 1 heterocycles. The van der Waals surface area contributed by atoms with Gasteiger partial charge < -0.3 is 15.0 Å². The number of hydrogen-bond acceptors (Lipinski definition) is 3. The van der Waals surface area contributed by atoms with E-state index < -0.39 is 0 Å². The second-order valence-electron chi connectivity index (χ2n) is 6.02. The fraction of sp³-hybridized carbons (Fsp3) is 0.0455. The van der Waals surface area contributed by atoms with Crippen LogP contribution in [0.1, 0.15) is 5.56 Å². The summed E-state index contributed by atoms with van der Waals surface area (Å²) in [5.41, 5.74) is 3.42. The summed E-state index contributed by atoms with van der Waals surface area (Å²) < 4.78 is 5.87. The number of fused-ring (bicyclic) bond motifs is 1. The van der Waals surface area contributed by atoms with Crippen molar-refractivity contribution in [2.75, 3.05) is 5.32 Å². The van der Waals surface area contributed by atoms with Crippen LogP contribution in [0.2, 0.25) is 0 Å². The molecule has 0 atom stereocenters. The highest BCUT2D eigenvalue weighted by molar-refractivity contribution is 5.92. The maximum atomic E-state index is 11.9. The van der Waals surface area contributed by atoms with E-state index in [0.717, 1.165) is 33.6 Å². The molecule has 26 heavy (non-hydrogen) atoms. The number of hydrogen-bond donors (Lipinski definition) is 2. The average molecular weight is 342 g/mol. The van der Waals surface area contributed by atoms with E-state index in [1.54, 1.807) is 6.07 Å². The number of pyridine rings is 1. The molecule has 4 nitrogen and oxygen atoms in total. The molecule has 3 aromatic carbocycles. The molecule has 0 fully saturated rings. The van der Waals surface area contributed by atoms with Crippen LogP contribution in [0.3, 0.4) is 0 Å². The summed E-state index contributed by atoms with van der Waals surface area (Å²) in [6.07, 6.45) is 0. The lowest BCUT2D eigenvalue weighted by Crippen LogP contribution is -2.06. The van der Waals surface area contributed by atoms with E-state index in [4.69, 9.17) is 4.74 Å². The predicted molar refractivity (Wildman–Crippen MR) is 105 cm³/mol. The molecule has 0 aliphatic heterocycles. The molecule has 4 heteroatoms. The lowest BCUT2D eigenvalue weighted by molar-refractivity contribution is 0.306. The standard InChI is InChI=1S/C22H18N2O2/c25-22-14-21(19-11-4-5-12-20(19)24-22)23-17-9-6-10-18(13-17)26-15-16-7-2-1-3-8-16/h1-14H,15H2,(H2,23,24,25). The van der Waals surface area contributed by atoms with Crippen LogP contribution in [-0.2, 0) is 6.61 Å². The van der Waals surface area contributed by atoms with Gasteiger partial charge >= 0.3 is 0 Å². The number of nitrogens with one attached hydrogen (secondary N) is 2. The highest BCUT2D eigenvalue weighted by Gasteiger charge is 2.04. The van der Waals surface area contributed by atoms with Gasteiger partial charge in [-0.05, 0) is 23.8 Å². The van der Waals surface area contributed by atoms with Crippen molar-refractivity contribution in [3.05, 3.63) is 101 Å². The van der Waals surface area contributed by atoms with Gasteiger partial charge in [-0.25, -0.2) is 0 Å². The van der Waals surface area contributed by atoms with Crippen LogP contribution in [0.5, 0.6) is 5.75 Å². The third kappa shape index (κ3) is 3.59. The molecule has 0 saturated carbocycles. The number of H-pyrrole nitrogens is 1. The van der Waals surface area contributed by atoms with E-state index >= 15 is 0 Å². The summed E-state index contributed by atoms with van der Waals surface area (Å²) in [5, 5.41) is 4.29. The first-order chi connectivity index (χ1) is 12.8. The maximum Gasteiger partial charge on any atom is 0.250 e. The minimum atomic E-state index is -0.136. The molecule has 0 aliphatic rings. The molecule has 0 unspecified atom stereocenters. The summed E-state index contributed by atoms with van der Waals surface area (Å²) in [6, 6.07) is 27.1. The Hall–Kier alpha value is -3.53. The molecule has 0 radical (unpaired) electrons. The van der Waals surface area contributed by atoms with Crippen molar-refractivity contribution in [1.82, 2.24) is 4.98 Å². The maximum absolute atomic E-state index is 11.9. The fourth-order valence-corrected chi connectivity index (χ4v) is 2.87. The van der Waals surface area contributed by atoms with Gasteiger partial charge in [-0.1, -0.05) is 54.6 Å². The first kappa shape index (κ1) is 16.0. The Morgan fingerprint density at radius 3 is 2.54 bits per heavy atom. The van der Waals surface area contributed by atoms with E-state index in [9.17, 15) is 4.79 Å². The first-order valence-electron chi connectivity index (χ1n) is 8.44. The van der Waals surface area contributed by atoms with Crippen molar-refractivity contribution in [2.24, 2.45) is 0 Å². The molecule has 4 rings (SSSR count). The Kier molecular flexibility index (Phi) is 4.39. The van der Waals surface area contributed by atoms with Gasteiger partial charge in [0.2, 0.25) is 5.56 Å². The van der Waals surface area contributed by atoms with Crippen LogP contribution in [0.4, 0.5) is 11.4 Å². The Morgan fingerprint density at radius 2 is 1.65 bits per heavy atom. The molecule has 0 saturated heterocycles. The second kappa shape index (κ2) is 7.15. The van der Waals surface area contributed by atoms with Gasteiger partial charge in [0.15, 0.2) is 0 Å². The number of anilines is 2. The molecular formula is C22H18N2O2. The van der Waals surface area contributed by atoms with Crippen LogP contribution in [0.15, 0.2) is 89.7 Å². The van der Waals surface area contributed by atoms with Crippen LogP contribution < -0.4 is 15.6 Å². The lowest BCUT2D eigenvalue weighted by atomic mass is 10.2. The Labute approximate surface area is 151 Å². The zero-order valence-corrected chi connectivity index (χ0v) is 14.1. The van der Waals surface area contributed by atoms with Crippen molar-refractivity contribution in [1.29, 1.82) is 0 Å². The molecule has 0 spiro atoms. The van der Waals surface area contributed by atoms with Crippen molar-refractivity contribution < 1.29 is 4.74 Å². The third-order valence-electron chi connectivity index (χ3n) is 4.11. The molecule has 1 aromatic heterocycles. The van der Waals surface area contributed by atoms with Gasteiger partial charge in [0, 0.05) is 23.2 Å². The number of benzene rings is 3. The van der Waals surface area contributed by atoms with Crippen LogP contribution in [-0.4, -0.2) is 4.98 Å². The highest BCUT2D eigenvalue weighted by atomic mass is 16.5. The Bertz CT molecular complexity index is 1090. The zero-order chi connectivity index (χ0) is 17.8. The summed E-state index contributed by atoms with van der Waals surface area (Å²) in [5.74, 6) is 0.771. The van der Waals surface area contributed by atoms with Crippen LogP contribution >= 0.6 is 0 Å². The van der Waals surface area contributed by atoms with Crippen LogP contribution in [0, 0.1) is 0 Å². The topological polar surface area (TPSA) is 54.1 Å². The van der Waals surface area contributed by atoms with Crippen molar-refractivity contribution in [3.8, 4) is 5.75 Å². The van der Waals surface area contributed by atoms with Gasteiger partial charge in [-0.15, -0.1) is 0 Å². The number of rotatable bonds is 5. The number of ether oxygens (including phenoxy) is 1. The van der Waals surface area contributed by atoms with E-state index in [0.29, 0.717) is 6.61 Å². The lowest BCUT2D eigenvalue weighted by Gasteiger charge is -2.11. The molecular weight excluding hydrogens is 324 g/mol. The first-order valence-corrected chi connectivity index (χ1v) is 8.44. The van der Waals surface area contributed by atoms with Crippen molar-refractivity contribution in [2.45, 2.75) is 6.61 Å². The fourth-order valence-electron chi connectivity index (χ4n) is 2.87. The molecule has 0 amide bonds. The molecule has 0 aliphatic carbocycles. The van der Waals surface area contributed by atoms with Gasteiger partial charge in [0.1, 0.15) is 12.4 Å². The van der Waals surface area contributed by atoms with E-state index in [1.165, 1.54) is 0 Å². The number of aromatic amines is 1. The average Bonchev–Trinajstić information content (AvgIpc) is 2.67. The highest BCUT2D eigenvalue weighted by Crippen LogP contribution is 2.26. The summed E-state index contributed by atoms with van der Waals surface area (Å²) >= 11 is 0. The summed E-state index contributed by atoms with van der Waals surface area (Å²) in [6.45, 7) is 0.512. The van der Waals surface area contributed by atoms with Gasteiger partial charge in [-0.2, -0.15) is 0 Å². The number of aromatic nitrogens is 1. The van der Waals surface area contributed by atoms with Gasteiger partial charge in [-0.3, -0.25) is 4.79 Å². The number of para-hydroxylation sites is 1. The largest absolute Gasteiger partial charge is 0.489 e. The third-order valence-corrected chi connectivity index (χ3v) is 4.11. The Balaban J connectivity index is 1.57. The van der Waals surface area contributed by atoms with Gasteiger partial charge in [0.25, 0.3) is 0 Å². The van der Waals surface area contributed by atoms with E-state index in [2.05, 4.69) is 10.3 Å². The van der Waals surface area contributed by atoms with Gasteiger partial charge in [0.05, 0.1) is 11.2 Å². The molecule has 2 N–H and O–H groups in total. The molecule has 0 bridgehead atoms. The van der Waals surface area contributed by atoms with E-state index in [-0.39, 0.29) is 5.56 Å². The van der Waals surface area contributed by atoms with Crippen molar-refractivity contribution >= 4 is 22.3 Å². The minimum absolute atomic E-state index is 0.136. The monoisotopic (exact) mass is 342 g/mol. The minimum Gasteiger partial charge on any atom is -0.489 e. The zero-order valence-electron chi connectivity index (χ0n) is 14.1. The van der Waals surface area contributed by atoms with Crippen molar-refractivity contribution in [3.63, 3.8) is 0 Å². The van der Waals surface area contributed by atoms with Crippen LogP contribution in [0.25, 0.3) is 10.9 Å². The normalized spacial score (nSPS) is 10.6. The van der Waals surface area contributed by atoms with E-state index in [1.807, 2.05) is 78.9 Å². The molecule has 4 aromatic rings. The smallest absolute Gasteiger partial charge is 0.250 e. The Morgan fingerprint density at radius 1 is 0.846 bits per heavy atom. The second-order valence-corrected chi connectivity index (χ2v) is 6.02. The quantitative estimate of drug-likeness (QED) is 0.545. The summed E-state index contributed by atoms with van der Waals surface area (Å²) in [4.78, 5) is 14.7. The SMILES string of the molecule is O=c1cc(Nc2cccc(OCc3ccccc3)c2)c2ccccc2[nH]1.